The van der Waals surface area contributed by atoms with Crippen molar-refractivity contribution >= 4 is 0 Å². The van der Waals surface area contributed by atoms with Crippen LogP contribution in [0.2, 0.25) is 0 Å². The molecule has 0 saturated carbocycles. The van der Waals surface area contributed by atoms with Gasteiger partial charge in [0, 0.05) is 0 Å². The van der Waals surface area contributed by atoms with E-state index in [1.54, 1.807) is 11.1 Å². The van der Waals surface area contributed by atoms with Crippen LogP contribution in [0.3, 0.4) is 0 Å². The molecule has 0 N–H and O–H groups in total. The number of hydrogen-bond donors (Lipinski definition) is 0. The van der Waals surface area contributed by atoms with Crippen LogP contribution in [0.25, 0.3) is 0 Å². The lowest BCUT2D eigenvalue weighted by molar-refractivity contribution is 0.430. The Morgan fingerprint density at radius 1 is 1.28 bits per heavy atom. The summed E-state index contributed by atoms with van der Waals surface area (Å²) in [7, 11) is 0. The van der Waals surface area contributed by atoms with Crippen molar-refractivity contribution in [3.8, 4) is 0 Å². The fraction of sp³-hybridized carbons (Fsp3) is 0.556. The van der Waals surface area contributed by atoms with Crippen molar-refractivity contribution in [1.29, 1.82) is 0 Å². The van der Waals surface area contributed by atoms with Gasteiger partial charge in [-0.1, -0.05) is 43.7 Å². The van der Waals surface area contributed by atoms with Crippen molar-refractivity contribution in [2.75, 3.05) is 0 Å². The summed E-state index contributed by atoms with van der Waals surface area (Å²) in [6.45, 7) is 4.38. The first-order valence-corrected chi connectivity index (χ1v) is 7.55. The summed E-state index contributed by atoms with van der Waals surface area (Å²) in [6.07, 6.45) is 13.6. The van der Waals surface area contributed by atoms with Gasteiger partial charge in [-0.2, -0.15) is 0 Å². The van der Waals surface area contributed by atoms with E-state index in [1.807, 2.05) is 0 Å². The number of hydrogen-bond acceptors (Lipinski definition) is 0. The quantitative estimate of drug-likeness (QED) is 0.630. The molecule has 0 aliphatic heterocycles. The predicted octanol–water partition coefficient (Wildman–Crippen LogP) is 5.10. The molecule has 1 unspecified atom stereocenters. The van der Waals surface area contributed by atoms with Crippen LogP contribution in [0.5, 0.6) is 0 Å². The highest BCUT2D eigenvalue weighted by atomic mass is 14.2. The van der Waals surface area contributed by atoms with E-state index in [0.29, 0.717) is 0 Å². The molecule has 1 atom stereocenters. The molecule has 1 aliphatic carbocycles. The molecule has 0 radical (unpaired) electrons. The first-order chi connectivity index (χ1) is 8.83. The fourth-order valence-corrected chi connectivity index (χ4v) is 3.07. The second-order valence-electron chi connectivity index (χ2n) is 5.61. The molecule has 0 aromatic heterocycles. The van der Waals surface area contributed by atoms with Gasteiger partial charge in [0.05, 0.1) is 0 Å². The summed E-state index contributed by atoms with van der Waals surface area (Å²) in [5.41, 5.74) is 4.78. The van der Waals surface area contributed by atoms with Gasteiger partial charge in [-0.3, -0.25) is 0 Å². The molecule has 0 heterocycles. The first kappa shape index (κ1) is 13.4. The van der Waals surface area contributed by atoms with Gasteiger partial charge >= 0.3 is 0 Å². The first-order valence-electron chi connectivity index (χ1n) is 7.55. The second-order valence-corrected chi connectivity index (χ2v) is 5.61. The summed E-state index contributed by atoms with van der Waals surface area (Å²) in [6, 6.07) is 7.19. The summed E-state index contributed by atoms with van der Waals surface area (Å²) in [4.78, 5) is 0. The Labute approximate surface area is 112 Å². The van der Waals surface area contributed by atoms with Gasteiger partial charge in [-0.05, 0) is 68.1 Å². The Morgan fingerprint density at radius 3 is 2.94 bits per heavy atom. The molecular weight excluding hydrogens is 216 g/mol. The summed E-state index contributed by atoms with van der Waals surface area (Å²) in [5.74, 6) is 0.908. The third kappa shape index (κ3) is 3.48. The van der Waals surface area contributed by atoms with Crippen LogP contribution in [-0.2, 0) is 19.3 Å². The van der Waals surface area contributed by atoms with E-state index in [-0.39, 0.29) is 0 Å². The van der Waals surface area contributed by atoms with Crippen LogP contribution < -0.4 is 0 Å². The average Bonchev–Trinajstić information content (AvgIpc) is 2.39. The second kappa shape index (κ2) is 6.78. The Hall–Kier alpha value is -1.04. The summed E-state index contributed by atoms with van der Waals surface area (Å²) < 4.78 is 0. The van der Waals surface area contributed by atoms with E-state index < -0.39 is 0 Å². The van der Waals surface area contributed by atoms with E-state index >= 15 is 0 Å². The highest BCUT2D eigenvalue weighted by Crippen LogP contribution is 2.29. The van der Waals surface area contributed by atoms with Gasteiger partial charge in [-0.15, -0.1) is 0 Å². The smallest absolute Gasteiger partial charge is 0.0247 e. The van der Waals surface area contributed by atoms with Crippen molar-refractivity contribution in [3.05, 3.63) is 47.0 Å². The molecule has 18 heavy (non-hydrogen) atoms. The van der Waals surface area contributed by atoms with E-state index in [1.165, 1.54) is 50.5 Å². The largest absolute Gasteiger partial charge is 0.0917 e. The molecule has 98 valence electrons. The van der Waals surface area contributed by atoms with E-state index in [0.717, 1.165) is 5.92 Å². The monoisotopic (exact) mass is 242 g/mol. The van der Waals surface area contributed by atoms with Crippen LogP contribution in [0, 0.1) is 5.92 Å². The average molecular weight is 242 g/mol. The molecule has 0 saturated heterocycles. The van der Waals surface area contributed by atoms with Crippen LogP contribution in [0.1, 0.15) is 56.2 Å². The highest BCUT2D eigenvalue weighted by molar-refractivity contribution is 5.34. The Morgan fingerprint density at radius 2 is 2.17 bits per heavy atom. The summed E-state index contributed by atoms with van der Waals surface area (Å²) in [5, 5.41) is 0. The lowest BCUT2D eigenvalue weighted by Gasteiger charge is -2.24. The van der Waals surface area contributed by atoms with Gasteiger partial charge in [0.1, 0.15) is 0 Å². The van der Waals surface area contributed by atoms with E-state index in [4.69, 9.17) is 0 Å². The maximum atomic E-state index is 2.46. The highest BCUT2D eigenvalue weighted by Gasteiger charge is 2.17. The van der Waals surface area contributed by atoms with E-state index in [2.05, 4.69) is 44.2 Å². The molecular formula is C18H26. The van der Waals surface area contributed by atoms with Crippen molar-refractivity contribution in [3.63, 3.8) is 0 Å². The normalized spacial score (nSPS) is 19.1. The third-order valence-corrected chi connectivity index (χ3v) is 4.12. The standard InChI is InChI=1S/C18H26/c1-3-5-6-8-16-10-12-17-13-15(7-4-2)9-11-18(17)14-16/h3,5,9,11,13,16H,4,6-8,10,12,14H2,1-2H3. The Balaban J connectivity index is 1.97. The SMILES string of the molecule is CC=CCCC1CCc2cc(CCC)ccc2C1. The molecule has 0 bridgehead atoms. The minimum Gasteiger partial charge on any atom is -0.0917 e. The number of rotatable bonds is 5. The van der Waals surface area contributed by atoms with Crippen molar-refractivity contribution in [2.24, 2.45) is 5.92 Å². The molecule has 2 rings (SSSR count). The Kier molecular flexibility index (Phi) is 5.04. The maximum Gasteiger partial charge on any atom is -0.0247 e. The molecule has 1 aliphatic rings. The van der Waals surface area contributed by atoms with Gasteiger partial charge < -0.3 is 0 Å². The molecule has 0 fully saturated rings. The number of aryl methyl sites for hydroxylation is 2. The van der Waals surface area contributed by atoms with Gasteiger partial charge in [-0.25, -0.2) is 0 Å². The molecule has 0 heteroatoms. The van der Waals surface area contributed by atoms with Gasteiger partial charge in [0.25, 0.3) is 0 Å². The van der Waals surface area contributed by atoms with Crippen molar-refractivity contribution in [2.45, 2.75) is 58.8 Å². The Bertz CT molecular complexity index is 400. The molecule has 1 aromatic carbocycles. The molecule has 1 aromatic rings. The number of fused-ring (bicyclic) bond motifs is 1. The number of allylic oxidation sites excluding steroid dienone is 2. The molecule has 0 amide bonds. The van der Waals surface area contributed by atoms with Crippen molar-refractivity contribution < 1.29 is 0 Å². The summed E-state index contributed by atoms with van der Waals surface area (Å²) >= 11 is 0. The van der Waals surface area contributed by atoms with Crippen molar-refractivity contribution in [1.82, 2.24) is 0 Å². The van der Waals surface area contributed by atoms with Crippen LogP contribution in [0.4, 0.5) is 0 Å². The van der Waals surface area contributed by atoms with Gasteiger partial charge in [0.15, 0.2) is 0 Å². The lowest BCUT2D eigenvalue weighted by Crippen LogP contribution is -2.14. The molecule has 0 nitrogen and oxygen atoms in total. The van der Waals surface area contributed by atoms with Crippen LogP contribution >= 0.6 is 0 Å². The number of benzene rings is 1. The fourth-order valence-electron chi connectivity index (χ4n) is 3.07. The van der Waals surface area contributed by atoms with Crippen LogP contribution in [-0.4, -0.2) is 0 Å². The van der Waals surface area contributed by atoms with Gasteiger partial charge in [0.2, 0.25) is 0 Å². The molecule has 0 spiro atoms. The topological polar surface area (TPSA) is 0 Å². The minimum atomic E-state index is 0.908. The zero-order valence-electron chi connectivity index (χ0n) is 11.9. The zero-order valence-corrected chi connectivity index (χ0v) is 11.9. The zero-order chi connectivity index (χ0) is 12.8. The lowest BCUT2D eigenvalue weighted by atomic mass is 9.81. The third-order valence-electron chi connectivity index (χ3n) is 4.12. The van der Waals surface area contributed by atoms with E-state index in [9.17, 15) is 0 Å². The van der Waals surface area contributed by atoms with Crippen LogP contribution in [0.15, 0.2) is 30.4 Å². The predicted molar refractivity (Wildman–Crippen MR) is 80.0 cm³/mol. The maximum absolute atomic E-state index is 2.46. The minimum absolute atomic E-state index is 0.908.